The SMILES string of the molecule is Cc1ccnc(Sc2cc(-c3ccccc3)cc(-c3ccccc3)n2)c1. The second kappa shape index (κ2) is 7.54. The van der Waals surface area contributed by atoms with Gasteiger partial charge < -0.3 is 0 Å². The molecule has 0 atom stereocenters. The quantitative estimate of drug-likeness (QED) is 0.432. The van der Waals surface area contributed by atoms with Crippen molar-refractivity contribution in [3.8, 4) is 22.4 Å². The van der Waals surface area contributed by atoms with Gasteiger partial charge in [-0.25, -0.2) is 9.97 Å². The van der Waals surface area contributed by atoms with Crippen LogP contribution >= 0.6 is 11.8 Å². The highest BCUT2D eigenvalue weighted by atomic mass is 32.2. The molecule has 0 spiro atoms. The Labute approximate surface area is 158 Å². The molecule has 2 heterocycles. The van der Waals surface area contributed by atoms with Crippen molar-refractivity contribution in [2.45, 2.75) is 17.0 Å². The van der Waals surface area contributed by atoms with E-state index in [0.29, 0.717) is 0 Å². The molecule has 0 radical (unpaired) electrons. The Hall–Kier alpha value is -2.91. The summed E-state index contributed by atoms with van der Waals surface area (Å²) in [4.78, 5) is 9.34. The Bertz CT molecular complexity index is 957. The fourth-order valence-corrected chi connectivity index (χ4v) is 3.69. The molecule has 4 aromatic rings. The Morgan fingerprint density at radius 2 is 1.35 bits per heavy atom. The number of nitrogens with zero attached hydrogens (tertiary/aromatic N) is 2. The van der Waals surface area contributed by atoms with Crippen LogP contribution in [0.5, 0.6) is 0 Å². The lowest BCUT2D eigenvalue weighted by Gasteiger charge is -2.09. The van der Waals surface area contributed by atoms with E-state index in [2.05, 4.69) is 66.5 Å². The molecule has 0 aliphatic carbocycles. The third-order valence-electron chi connectivity index (χ3n) is 4.08. The van der Waals surface area contributed by atoms with Crippen molar-refractivity contribution in [2.24, 2.45) is 0 Å². The Morgan fingerprint density at radius 1 is 0.654 bits per heavy atom. The zero-order valence-electron chi connectivity index (χ0n) is 14.5. The molecule has 26 heavy (non-hydrogen) atoms. The fourth-order valence-electron chi connectivity index (χ4n) is 2.78. The van der Waals surface area contributed by atoms with Gasteiger partial charge in [0.05, 0.1) is 5.69 Å². The van der Waals surface area contributed by atoms with E-state index in [9.17, 15) is 0 Å². The number of hydrogen-bond acceptors (Lipinski definition) is 3. The fraction of sp³-hybridized carbons (Fsp3) is 0.0435. The minimum Gasteiger partial charge on any atom is -0.250 e. The summed E-state index contributed by atoms with van der Waals surface area (Å²) in [6, 6.07) is 29.1. The van der Waals surface area contributed by atoms with Crippen molar-refractivity contribution in [1.82, 2.24) is 9.97 Å². The summed E-state index contributed by atoms with van der Waals surface area (Å²) < 4.78 is 0. The van der Waals surface area contributed by atoms with E-state index in [0.717, 1.165) is 26.9 Å². The number of hydrogen-bond donors (Lipinski definition) is 0. The molecule has 0 aliphatic heterocycles. The van der Waals surface area contributed by atoms with E-state index >= 15 is 0 Å². The van der Waals surface area contributed by atoms with Crippen molar-refractivity contribution in [3.05, 3.63) is 96.7 Å². The van der Waals surface area contributed by atoms with Gasteiger partial charge >= 0.3 is 0 Å². The van der Waals surface area contributed by atoms with Crippen LogP contribution in [0.25, 0.3) is 22.4 Å². The highest BCUT2D eigenvalue weighted by Gasteiger charge is 2.09. The first-order valence-electron chi connectivity index (χ1n) is 8.51. The monoisotopic (exact) mass is 354 g/mol. The molecular weight excluding hydrogens is 336 g/mol. The predicted molar refractivity (Wildman–Crippen MR) is 108 cm³/mol. The van der Waals surface area contributed by atoms with Crippen molar-refractivity contribution in [2.75, 3.05) is 0 Å². The summed E-state index contributed by atoms with van der Waals surface area (Å²) >= 11 is 1.60. The maximum absolute atomic E-state index is 4.88. The van der Waals surface area contributed by atoms with Crippen LogP contribution in [-0.4, -0.2) is 9.97 Å². The van der Waals surface area contributed by atoms with Crippen LogP contribution in [0.1, 0.15) is 5.56 Å². The minimum absolute atomic E-state index is 0.948. The summed E-state index contributed by atoms with van der Waals surface area (Å²) in [6.07, 6.45) is 1.84. The summed E-state index contributed by atoms with van der Waals surface area (Å²) in [5.41, 5.74) is 5.64. The number of benzene rings is 2. The molecule has 2 aromatic heterocycles. The van der Waals surface area contributed by atoms with Gasteiger partial charge in [0.15, 0.2) is 0 Å². The largest absolute Gasteiger partial charge is 0.250 e. The van der Waals surface area contributed by atoms with Crippen molar-refractivity contribution in [1.29, 1.82) is 0 Å². The summed E-state index contributed by atoms with van der Waals surface area (Å²) in [7, 11) is 0. The number of pyridine rings is 2. The van der Waals surface area contributed by atoms with Crippen molar-refractivity contribution in [3.63, 3.8) is 0 Å². The molecule has 0 bridgehead atoms. The Balaban J connectivity index is 1.80. The van der Waals surface area contributed by atoms with Gasteiger partial charge in [-0.3, -0.25) is 0 Å². The van der Waals surface area contributed by atoms with Crippen LogP contribution in [0.2, 0.25) is 0 Å². The van der Waals surface area contributed by atoms with Gasteiger partial charge in [-0.05, 0) is 47.9 Å². The predicted octanol–water partition coefficient (Wildman–Crippen LogP) is 6.27. The zero-order chi connectivity index (χ0) is 17.8. The number of aromatic nitrogens is 2. The maximum Gasteiger partial charge on any atom is 0.104 e. The average molecular weight is 354 g/mol. The van der Waals surface area contributed by atoms with E-state index in [-0.39, 0.29) is 0 Å². The van der Waals surface area contributed by atoms with Gasteiger partial charge in [0.2, 0.25) is 0 Å². The van der Waals surface area contributed by atoms with E-state index in [1.807, 2.05) is 36.5 Å². The van der Waals surface area contributed by atoms with Crippen LogP contribution in [0.4, 0.5) is 0 Å². The maximum atomic E-state index is 4.88. The van der Waals surface area contributed by atoms with Gasteiger partial charge in [0, 0.05) is 11.8 Å². The third-order valence-corrected chi connectivity index (χ3v) is 4.93. The normalized spacial score (nSPS) is 10.7. The molecule has 0 saturated heterocycles. The number of rotatable bonds is 4. The van der Waals surface area contributed by atoms with E-state index in [1.54, 1.807) is 11.8 Å². The van der Waals surface area contributed by atoms with Crippen LogP contribution < -0.4 is 0 Å². The van der Waals surface area contributed by atoms with Crippen LogP contribution in [0.3, 0.4) is 0 Å². The number of aryl methyl sites for hydroxylation is 1. The standard InChI is InChI=1S/C23H18N2S/c1-17-12-13-24-22(14-17)26-23-16-20(18-8-4-2-5-9-18)15-21(25-23)19-10-6-3-7-11-19/h2-16H,1H3. The zero-order valence-corrected chi connectivity index (χ0v) is 15.3. The minimum atomic E-state index is 0.948. The van der Waals surface area contributed by atoms with E-state index < -0.39 is 0 Å². The Morgan fingerprint density at radius 3 is 2.04 bits per heavy atom. The molecule has 0 fully saturated rings. The van der Waals surface area contributed by atoms with E-state index in [4.69, 9.17) is 4.98 Å². The molecule has 3 heteroatoms. The molecule has 0 aliphatic rings. The second-order valence-electron chi connectivity index (χ2n) is 6.08. The van der Waals surface area contributed by atoms with Crippen LogP contribution in [0, 0.1) is 6.92 Å². The highest BCUT2D eigenvalue weighted by Crippen LogP contribution is 2.32. The van der Waals surface area contributed by atoms with Crippen molar-refractivity contribution < 1.29 is 0 Å². The van der Waals surface area contributed by atoms with Gasteiger partial charge in [-0.15, -0.1) is 0 Å². The second-order valence-corrected chi connectivity index (χ2v) is 7.13. The van der Waals surface area contributed by atoms with Crippen molar-refractivity contribution >= 4 is 11.8 Å². The molecule has 126 valence electrons. The van der Waals surface area contributed by atoms with E-state index in [1.165, 1.54) is 11.1 Å². The first kappa shape index (κ1) is 16.6. The molecule has 4 rings (SSSR count). The molecule has 2 aromatic carbocycles. The summed E-state index contributed by atoms with van der Waals surface area (Å²) in [6.45, 7) is 2.08. The average Bonchev–Trinajstić information content (AvgIpc) is 2.69. The first-order chi connectivity index (χ1) is 12.8. The highest BCUT2D eigenvalue weighted by molar-refractivity contribution is 7.99. The third kappa shape index (κ3) is 3.84. The molecule has 0 N–H and O–H groups in total. The lowest BCUT2D eigenvalue weighted by Crippen LogP contribution is -1.90. The van der Waals surface area contributed by atoms with Crippen LogP contribution in [0.15, 0.2) is 101 Å². The summed E-state index contributed by atoms with van der Waals surface area (Å²) in [5.74, 6) is 0. The lowest BCUT2D eigenvalue weighted by atomic mass is 10.0. The lowest BCUT2D eigenvalue weighted by molar-refractivity contribution is 1.08. The van der Waals surface area contributed by atoms with Crippen LogP contribution in [-0.2, 0) is 0 Å². The summed E-state index contributed by atoms with van der Waals surface area (Å²) in [5, 5.41) is 1.91. The van der Waals surface area contributed by atoms with Gasteiger partial charge in [-0.2, -0.15) is 0 Å². The molecule has 0 amide bonds. The molecular formula is C23H18N2S. The Kier molecular flexibility index (Phi) is 4.80. The smallest absolute Gasteiger partial charge is 0.104 e. The first-order valence-corrected chi connectivity index (χ1v) is 9.33. The van der Waals surface area contributed by atoms with Gasteiger partial charge in [0.1, 0.15) is 10.1 Å². The molecule has 0 unspecified atom stereocenters. The van der Waals surface area contributed by atoms with Gasteiger partial charge in [0.25, 0.3) is 0 Å². The molecule has 0 saturated carbocycles. The molecule has 2 nitrogen and oxygen atoms in total. The van der Waals surface area contributed by atoms with Gasteiger partial charge in [-0.1, -0.05) is 72.4 Å². The topological polar surface area (TPSA) is 25.8 Å².